The molecule has 0 aliphatic heterocycles. The van der Waals surface area contributed by atoms with E-state index in [9.17, 15) is 4.79 Å². The van der Waals surface area contributed by atoms with Crippen LogP contribution >= 0.6 is 0 Å². The second-order valence-corrected chi connectivity index (χ2v) is 3.71. The first kappa shape index (κ1) is 11.5. The average molecular weight is 208 g/mol. The van der Waals surface area contributed by atoms with Crippen LogP contribution in [-0.4, -0.2) is 18.2 Å². The number of nitrogens with one attached hydrogen (secondary N) is 1. The van der Waals surface area contributed by atoms with E-state index in [4.69, 9.17) is 5.21 Å². The van der Waals surface area contributed by atoms with E-state index in [1.165, 1.54) is 0 Å². The first-order chi connectivity index (χ1) is 7.06. The monoisotopic (exact) mass is 208 g/mol. The summed E-state index contributed by atoms with van der Waals surface area (Å²) in [5.74, 6) is 0.00540. The lowest BCUT2D eigenvalue weighted by Gasteiger charge is -2.19. The van der Waals surface area contributed by atoms with Crippen molar-refractivity contribution in [1.82, 2.24) is 0 Å². The number of hydrogen-bond donors (Lipinski definition) is 2. The normalized spacial score (nSPS) is 10.2. The van der Waals surface area contributed by atoms with Crippen LogP contribution in [0.5, 0.6) is 0 Å². The molecule has 15 heavy (non-hydrogen) atoms. The fraction of sp³-hybridized carbons (Fsp3) is 0.364. The number of nitrogens with zero attached hydrogens (tertiary/aromatic N) is 1. The van der Waals surface area contributed by atoms with Crippen LogP contribution in [0, 0.1) is 5.92 Å². The van der Waals surface area contributed by atoms with Gasteiger partial charge in [0.1, 0.15) is 0 Å². The minimum Gasteiger partial charge on any atom is -0.315 e. The molecule has 0 aromatic heterocycles. The summed E-state index contributed by atoms with van der Waals surface area (Å²) in [5.41, 5.74) is 3.38. The van der Waals surface area contributed by atoms with E-state index >= 15 is 0 Å². The maximum Gasteiger partial charge on any atom is 0.229 e. The third kappa shape index (κ3) is 2.70. The van der Waals surface area contributed by atoms with Crippen molar-refractivity contribution in [2.75, 3.05) is 17.4 Å². The van der Waals surface area contributed by atoms with Crippen molar-refractivity contribution in [2.45, 2.75) is 13.8 Å². The quantitative estimate of drug-likeness (QED) is 0.748. The van der Waals surface area contributed by atoms with E-state index < -0.39 is 0 Å². The molecule has 82 valence electrons. The van der Waals surface area contributed by atoms with Crippen molar-refractivity contribution in [1.29, 1.82) is 0 Å². The van der Waals surface area contributed by atoms with Crippen LogP contribution in [0.4, 0.5) is 11.4 Å². The molecule has 2 N–H and O–H groups in total. The third-order valence-electron chi connectivity index (χ3n) is 2.19. The zero-order chi connectivity index (χ0) is 11.4. The lowest BCUT2D eigenvalue weighted by atomic mass is 10.2. The largest absolute Gasteiger partial charge is 0.315 e. The summed E-state index contributed by atoms with van der Waals surface area (Å²) in [4.78, 5) is 13.3. The second kappa shape index (κ2) is 4.79. The fourth-order valence-corrected chi connectivity index (χ4v) is 1.30. The Morgan fingerprint density at radius 2 is 2.13 bits per heavy atom. The van der Waals surface area contributed by atoms with Gasteiger partial charge in [-0.1, -0.05) is 19.9 Å². The molecule has 1 rings (SSSR count). The summed E-state index contributed by atoms with van der Waals surface area (Å²) in [6, 6.07) is 7.02. The van der Waals surface area contributed by atoms with Gasteiger partial charge in [-0.2, -0.15) is 0 Å². The minimum absolute atomic E-state index is 0.0410. The molecular formula is C11H16N2O2. The number of amides is 1. The molecule has 0 radical (unpaired) electrons. The Hall–Kier alpha value is -1.55. The van der Waals surface area contributed by atoms with Gasteiger partial charge in [0.25, 0.3) is 0 Å². The molecule has 0 heterocycles. The fourth-order valence-electron chi connectivity index (χ4n) is 1.30. The highest BCUT2D eigenvalue weighted by Gasteiger charge is 2.14. The van der Waals surface area contributed by atoms with E-state index in [0.717, 1.165) is 5.69 Å². The van der Waals surface area contributed by atoms with Crippen LogP contribution in [0.1, 0.15) is 13.8 Å². The third-order valence-corrected chi connectivity index (χ3v) is 2.19. The standard InChI is InChI=1S/C11H16N2O2/c1-8(2)11(14)13(3)10-6-4-5-9(7-10)12-15/h4-8,12,15H,1-3H3. The summed E-state index contributed by atoms with van der Waals surface area (Å²) in [7, 11) is 1.72. The summed E-state index contributed by atoms with van der Waals surface area (Å²) >= 11 is 0. The number of rotatable bonds is 3. The summed E-state index contributed by atoms with van der Waals surface area (Å²) in [5, 5.41) is 8.74. The number of benzene rings is 1. The maximum atomic E-state index is 11.7. The van der Waals surface area contributed by atoms with E-state index in [-0.39, 0.29) is 11.8 Å². The first-order valence-corrected chi connectivity index (χ1v) is 4.84. The van der Waals surface area contributed by atoms with E-state index in [0.29, 0.717) is 5.69 Å². The lowest BCUT2D eigenvalue weighted by Crippen LogP contribution is -2.30. The number of hydrogen-bond acceptors (Lipinski definition) is 3. The molecule has 1 amide bonds. The van der Waals surface area contributed by atoms with Crippen LogP contribution in [0.3, 0.4) is 0 Å². The molecule has 4 nitrogen and oxygen atoms in total. The molecule has 0 unspecified atom stereocenters. The van der Waals surface area contributed by atoms with Crippen LogP contribution < -0.4 is 10.4 Å². The predicted molar refractivity (Wildman–Crippen MR) is 60.1 cm³/mol. The molecule has 0 aliphatic rings. The summed E-state index contributed by atoms with van der Waals surface area (Å²) < 4.78 is 0. The van der Waals surface area contributed by atoms with Crippen molar-refractivity contribution >= 4 is 17.3 Å². The molecular weight excluding hydrogens is 192 g/mol. The molecule has 0 spiro atoms. The summed E-state index contributed by atoms with van der Waals surface area (Å²) in [6.45, 7) is 3.71. The highest BCUT2D eigenvalue weighted by Crippen LogP contribution is 2.19. The minimum atomic E-state index is -0.0410. The number of carbonyl (C=O) groups is 1. The molecule has 0 fully saturated rings. The molecule has 4 heteroatoms. The van der Waals surface area contributed by atoms with Crippen molar-refractivity contribution in [3.63, 3.8) is 0 Å². The lowest BCUT2D eigenvalue weighted by molar-refractivity contribution is -0.121. The molecule has 0 bridgehead atoms. The number of anilines is 2. The van der Waals surface area contributed by atoms with Crippen molar-refractivity contribution < 1.29 is 10.0 Å². The van der Waals surface area contributed by atoms with Gasteiger partial charge >= 0.3 is 0 Å². The van der Waals surface area contributed by atoms with E-state index in [1.54, 1.807) is 30.1 Å². The van der Waals surface area contributed by atoms with Gasteiger partial charge in [-0.05, 0) is 18.2 Å². The Morgan fingerprint density at radius 3 is 2.67 bits per heavy atom. The van der Waals surface area contributed by atoms with Crippen molar-refractivity contribution in [2.24, 2.45) is 5.92 Å². The van der Waals surface area contributed by atoms with Gasteiger partial charge < -0.3 is 4.90 Å². The Labute approximate surface area is 89.5 Å². The predicted octanol–water partition coefficient (Wildman–Crippen LogP) is 2.11. The summed E-state index contributed by atoms with van der Waals surface area (Å²) in [6.07, 6.45) is 0. The van der Waals surface area contributed by atoms with Crippen LogP contribution in [0.15, 0.2) is 24.3 Å². The molecule has 0 saturated heterocycles. The Morgan fingerprint density at radius 1 is 1.47 bits per heavy atom. The zero-order valence-electron chi connectivity index (χ0n) is 9.19. The first-order valence-electron chi connectivity index (χ1n) is 4.84. The van der Waals surface area contributed by atoms with Gasteiger partial charge in [0.05, 0.1) is 5.69 Å². The SMILES string of the molecule is CC(C)C(=O)N(C)c1cccc(NO)c1. The number of carbonyl (C=O) groups excluding carboxylic acids is 1. The van der Waals surface area contributed by atoms with Crippen LogP contribution in [0.25, 0.3) is 0 Å². The van der Waals surface area contributed by atoms with Gasteiger partial charge in [0, 0.05) is 18.7 Å². The van der Waals surface area contributed by atoms with Crippen LogP contribution in [-0.2, 0) is 4.79 Å². The van der Waals surface area contributed by atoms with Crippen molar-refractivity contribution in [3.8, 4) is 0 Å². The second-order valence-electron chi connectivity index (χ2n) is 3.71. The molecule has 1 aromatic rings. The molecule has 1 aromatic carbocycles. The average Bonchev–Trinajstić information content (AvgIpc) is 2.27. The van der Waals surface area contributed by atoms with Crippen molar-refractivity contribution in [3.05, 3.63) is 24.3 Å². The van der Waals surface area contributed by atoms with Gasteiger partial charge in [-0.3, -0.25) is 15.5 Å². The highest BCUT2D eigenvalue weighted by atomic mass is 16.5. The Bertz CT molecular complexity index is 350. The maximum absolute atomic E-state index is 11.7. The Balaban J connectivity index is 2.90. The Kier molecular flexibility index (Phi) is 3.68. The van der Waals surface area contributed by atoms with E-state index in [2.05, 4.69) is 5.48 Å². The van der Waals surface area contributed by atoms with Gasteiger partial charge in [0.2, 0.25) is 5.91 Å². The van der Waals surface area contributed by atoms with E-state index in [1.807, 2.05) is 19.9 Å². The molecule has 0 atom stereocenters. The van der Waals surface area contributed by atoms with Crippen LogP contribution in [0.2, 0.25) is 0 Å². The topological polar surface area (TPSA) is 52.6 Å². The zero-order valence-corrected chi connectivity index (χ0v) is 9.19. The molecule has 0 aliphatic carbocycles. The smallest absolute Gasteiger partial charge is 0.229 e. The highest BCUT2D eigenvalue weighted by molar-refractivity contribution is 5.94. The van der Waals surface area contributed by atoms with Gasteiger partial charge in [0.15, 0.2) is 0 Å². The van der Waals surface area contributed by atoms with Gasteiger partial charge in [-0.25, -0.2) is 0 Å². The van der Waals surface area contributed by atoms with Gasteiger partial charge in [-0.15, -0.1) is 0 Å². The molecule has 0 saturated carbocycles.